The van der Waals surface area contributed by atoms with Crippen molar-refractivity contribution >= 4 is 29.0 Å². The summed E-state index contributed by atoms with van der Waals surface area (Å²) >= 11 is 0. The zero-order valence-corrected chi connectivity index (χ0v) is 16.3. The molecule has 3 amide bonds. The molecule has 7 nitrogen and oxygen atoms in total. The normalized spacial score (nSPS) is 10.1. The van der Waals surface area contributed by atoms with Gasteiger partial charge in [-0.15, -0.1) is 0 Å². The minimum atomic E-state index is -0.379. The molecule has 0 radical (unpaired) electrons. The van der Waals surface area contributed by atoms with Gasteiger partial charge < -0.3 is 20.9 Å². The first-order chi connectivity index (χ1) is 14.0. The zero-order valence-electron chi connectivity index (χ0n) is 16.3. The van der Waals surface area contributed by atoms with Gasteiger partial charge in [-0.1, -0.05) is 24.3 Å². The van der Waals surface area contributed by atoms with Crippen LogP contribution in [0.5, 0.6) is 0 Å². The van der Waals surface area contributed by atoms with Gasteiger partial charge in [0.25, 0.3) is 5.91 Å². The van der Waals surface area contributed by atoms with E-state index in [-0.39, 0.29) is 11.9 Å². The summed E-state index contributed by atoms with van der Waals surface area (Å²) in [6, 6.07) is 17.7. The molecule has 148 valence electrons. The van der Waals surface area contributed by atoms with Gasteiger partial charge >= 0.3 is 6.03 Å². The summed E-state index contributed by atoms with van der Waals surface area (Å²) in [7, 11) is 3.73. The maximum Gasteiger partial charge on any atom is 0.323 e. The van der Waals surface area contributed by atoms with Gasteiger partial charge in [0.15, 0.2) is 0 Å². The van der Waals surface area contributed by atoms with Crippen molar-refractivity contribution in [2.45, 2.75) is 6.54 Å². The lowest BCUT2D eigenvalue weighted by Crippen LogP contribution is -2.26. The van der Waals surface area contributed by atoms with Crippen molar-refractivity contribution in [1.82, 2.24) is 10.3 Å². The lowest BCUT2D eigenvalue weighted by molar-refractivity contribution is 0.0951. The Labute approximate surface area is 169 Å². The van der Waals surface area contributed by atoms with Crippen LogP contribution in [0.25, 0.3) is 0 Å². The summed E-state index contributed by atoms with van der Waals surface area (Å²) in [5.74, 6) is -0.232. The molecule has 0 spiro atoms. The molecule has 2 aromatic carbocycles. The topological polar surface area (TPSA) is 86.4 Å². The van der Waals surface area contributed by atoms with Gasteiger partial charge in [-0.2, -0.15) is 0 Å². The number of carbonyl (C=O) groups is 2. The number of amides is 3. The molecule has 3 N–H and O–H groups in total. The fourth-order valence-corrected chi connectivity index (χ4v) is 2.78. The van der Waals surface area contributed by atoms with Crippen molar-refractivity contribution < 1.29 is 9.59 Å². The third-order valence-electron chi connectivity index (χ3n) is 4.19. The van der Waals surface area contributed by atoms with Gasteiger partial charge in [0.1, 0.15) is 0 Å². The number of hydrogen-bond donors (Lipinski definition) is 3. The van der Waals surface area contributed by atoms with Crippen LogP contribution in [0.4, 0.5) is 21.9 Å². The van der Waals surface area contributed by atoms with Crippen molar-refractivity contribution in [1.29, 1.82) is 0 Å². The number of aromatic nitrogens is 1. The first-order valence-electron chi connectivity index (χ1n) is 9.14. The van der Waals surface area contributed by atoms with E-state index in [2.05, 4.69) is 20.9 Å². The number of nitrogens with one attached hydrogen (secondary N) is 3. The van der Waals surface area contributed by atoms with Gasteiger partial charge in [0.05, 0.1) is 5.56 Å². The molecule has 0 bridgehead atoms. The fraction of sp³-hybridized carbons (Fsp3) is 0.136. The number of pyridine rings is 1. The predicted molar refractivity (Wildman–Crippen MR) is 115 cm³/mol. The number of anilines is 3. The molecule has 7 heteroatoms. The number of para-hydroxylation sites is 1. The van der Waals surface area contributed by atoms with Crippen LogP contribution >= 0.6 is 0 Å². The summed E-state index contributed by atoms with van der Waals surface area (Å²) in [5, 5.41) is 8.42. The molecule has 0 saturated carbocycles. The monoisotopic (exact) mass is 389 g/mol. The third-order valence-corrected chi connectivity index (χ3v) is 4.19. The number of hydrogen-bond acceptors (Lipinski definition) is 4. The molecule has 1 heterocycles. The largest absolute Gasteiger partial charge is 0.377 e. The van der Waals surface area contributed by atoms with E-state index in [1.54, 1.807) is 42.7 Å². The molecule has 0 aliphatic carbocycles. The summed E-state index contributed by atoms with van der Waals surface area (Å²) < 4.78 is 0. The molecule has 0 aliphatic rings. The molecule has 3 rings (SSSR count). The molecular weight excluding hydrogens is 366 g/mol. The Morgan fingerprint density at radius 2 is 1.69 bits per heavy atom. The Morgan fingerprint density at radius 3 is 2.38 bits per heavy atom. The second-order valence-electron chi connectivity index (χ2n) is 6.62. The number of rotatable bonds is 6. The molecule has 0 unspecified atom stereocenters. The molecular formula is C22H23N5O2. The van der Waals surface area contributed by atoms with Crippen molar-refractivity contribution in [3.8, 4) is 0 Å². The lowest BCUT2D eigenvalue weighted by Gasteiger charge is -2.18. The molecule has 0 saturated heterocycles. The van der Waals surface area contributed by atoms with E-state index in [0.29, 0.717) is 23.5 Å². The van der Waals surface area contributed by atoms with E-state index in [0.717, 1.165) is 11.3 Å². The van der Waals surface area contributed by atoms with Crippen LogP contribution in [-0.2, 0) is 6.54 Å². The quantitative estimate of drug-likeness (QED) is 0.600. The van der Waals surface area contributed by atoms with Crippen LogP contribution in [-0.4, -0.2) is 31.0 Å². The van der Waals surface area contributed by atoms with Gasteiger partial charge in [-0.05, 0) is 42.0 Å². The van der Waals surface area contributed by atoms with E-state index in [4.69, 9.17) is 0 Å². The Morgan fingerprint density at radius 1 is 0.931 bits per heavy atom. The molecule has 0 fully saturated rings. The highest BCUT2D eigenvalue weighted by molar-refractivity contribution is 6.03. The van der Waals surface area contributed by atoms with E-state index in [1.807, 2.05) is 49.3 Å². The Hall–Kier alpha value is -3.87. The summed E-state index contributed by atoms with van der Waals surface area (Å²) in [4.78, 5) is 30.9. The van der Waals surface area contributed by atoms with Gasteiger partial charge in [0.2, 0.25) is 0 Å². The number of carbonyl (C=O) groups excluding carboxylic acids is 2. The minimum Gasteiger partial charge on any atom is -0.377 e. The van der Waals surface area contributed by atoms with Crippen LogP contribution < -0.4 is 20.9 Å². The Kier molecular flexibility index (Phi) is 6.42. The highest BCUT2D eigenvalue weighted by Crippen LogP contribution is 2.23. The second kappa shape index (κ2) is 9.36. The Balaban J connectivity index is 1.73. The van der Waals surface area contributed by atoms with Crippen LogP contribution in [0.15, 0.2) is 73.1 Å². The SMILES string of the molecule is CN(C)c1ccc(NC(=O)Nc2ccccc2)cc1C(=O)NCc1cccnc1. The van der Waals surface area contributed by atoms with Crippen molar-refractivity contribution in [3.05, 3.63) is 84.2 Å². The molecule has 3 aromatic rings. The summed E-state index contributed by atoms with van der Waals surface area (Å²) in [5.41, 5.74) is 3.34. The molecule has 0 aliphatic heterocycles. The van der Waals surface area contributed by atoms with Crippen LogP contribution in [0.2, 0.25) is 0 Å². The number of benzene rings is 2. The Bertz CT molecular complexity index is 975. The number of nitrogens with zero attached hydrogens (tertiary/aromatic N) is 2. The number of urea groups is 1. The molecule has 0 atom stereocenters. The van der Waals surface area contributed by atoms with Gasteiger partial charge in [0, 0.05) is 50.1 Å². The van der Waals surface area contributed by atoms with Crippen LogP contribution in [0, 0.1) is 0 Å². The van der Waals surface area contributed by atoms with E-state index in [9.17, 15) is 9.59 Å². The average Bonchev–Trinajstić information content (AvgIpc) is 2.73. The van der Waals surface area contributed by atoms with E-state index >= 15 is 0 Å². The minimum absolute atomic E-state index is 0.232. The van der Waals surface area contributed by atoms with E-state index in [1.165, 1.54) is 0 Å². The van der Waals surface area contributed by atoms with Crippen LogP contribution in [0.1, 0.15) is 15.9 Å². The van der Waals surface area contributed by atoms with Crippen molar-refractivity contribution in [2.75, 3.05) is 29.6 Å². The predicted octanol–water partition coefficient (Wildman–Crippen LogP) is 3.72. The smallest absolute Gasteiger partial charge is 0.323 e. The summed E-state index contributed by atoms with van der Waals surface area (Å²) in [6.45, 7) is 0.367. The van der Waals surface area contributed by atoms with Crippen molar-refractivity contribution in [3.63, 3.8) is 0 Å². The second-order valence-corrected chi connectivity index (χ2v) is 6.62. The van der Waals surface area contributed by atoms with E-state index < -0.39 is 0 Å². The maximum atomic E-state index is 12.8. The lowest BCUT2D eigenvalue weighted by atomic mass is 10.1. The first-order valence-corrected chi connectivity index (χ1v) is 9.14. The maximum absolute atomic E-state index is 12.8. The molecule has 29 heavy (non-hydrogen) atoms. The average molecular weight is 389 g/mol. The standard InChI is InChI=1S/C22H23N5O2/c1-27(2)20-11-10-18(26-22(29)25-17-8-4-3-5-9-17)13-19(20)21(28)24-15-16-7-6-12-23-14-16/h3-14H,15H2,1-2H3,(H,24,28)(H2,25,26,29). The highest BCUT2D eigenvalue weighted by atomic mass is 16.2. The van der Waals surface area contributed by atoms with Crippen molar-refractivity contribution in [2.24, 2.45) is 0 Å². The molecule has 1 aromatic heterocycles. The summed E-state index contributed by atoms with van der Waals surface area (Å²) in [6.07, 6.45) is 3.39. The third kappa shape index (κ3) is 5.55. The highest BCUT2D eigenvalue weighted by Gasteiger charge is 2.15. The van der Waals surface area contributed by atoms with Gasteiger partial charge in [-0.25, -0.2) is 4.79 Å². The fourth-order valence-electron chi connectivity index (χ4n) is 2.78. The van der Waals surface area contributed by atoms with Crippen LogP contribution in [0.3, 0.4) is 0 Å². The first kappa shape index (κ1) is 19.9. The zero-order chi connectivity index (χ0) is 20.6. The van der Waals surface area contributed by atoms with Gasteiger partial charge in [-0.3, -0.25) is 9.78 Å².